The van der Waals surface area contributed by atoms with Crippen molar-refractivity contribution in [2.45, 2.75) is 51.0 Å². The normalized spacial score (nSPS) is 26.9. The van der Waals surface area contributed by atoms with Crippen LogP contribution in [-0.4, -0.2) is 55.5 Å². The first-order chi connectivity index (χ1) is 14.8. The number of aliphatic hydroxyl groups excluding tert-OH is 1. The number of anilines is 1. The molecule has 4 rings (SSSR count). The van der Waals surface area contributed by atoms with E-state index in [-0.39, 0.29) is 38.2 Å². The van der Waals surface area contributed by atoms with Gasteiger partial charge in [-0.25, -0.2) is 15.1 Å². The Bertz CT molecular complexity index is 1020. The van der Waals surface area contributed by atoms with E-state index in [1.165, 1.54) is 17.5 Å². The molecule has 2 aliphatic carbocycles. The highest BCUT2D eigenvalue weighted by Gasteiger charge is 2.36. The number of nitrogens with one attached hydrogen (secondary N) is 1. The van der Waals surface area contributed by atoms with Gasteiger partial charge in [0.05, 0.1) is 24.9 Å². The van der Waals surface area contributed by atoms with Crippen LogP contribution in [0, 0.1) is 5.92 Å². The van der Waals surface area contributed by atoms with Crippen LogP contribution in [-0.2, 0) is 25.6 Å². The summed E-state index contributed by atoms with van der Waals surface area (Å²) in [5, 5.41) is 18.4. The molecule has 10 nitrogen and oxygen atoms in total. The summed E-state index contributed by atoms with van der Waals surface area (Å²) in [6.45, 7) is -0.185. The molecule has 2 aromatic rings. The Morgan fingerprint density at radius 2 is 2.03 bits per heavy atom. The summed E-state index contributed by atoms with van der Waals surface area (Å²) in [6.07, 6.45) is 1.91. The van der Waals surface area contributed by atoms with Crippen LogP contribution in [0.2, 0.25) is 0 Å². The fourth-order valence-electron chi connectivity index (χ4n) is 4.27. The number of nitrogens with two attached hydrogens (primary N) is 1. The number of methoxy groups -OCH3 is 1. The molecule has 1 aromatic carbocycles. The highest BCUT2D eigenvalue weighted by atomic mass is 32.2. The summed E-state index contributed by atoms with van der Waals surface area (Å²) >= 11 is 0. The van der Waals surface area contributed by atoms with Crippen LogP contribution in [0.3, 0.4) is 0 Å². The first-order valence-corrected chi connectivity index (χ1v) is 11.5. The maximum absolute atomic E-state index is 11.0. The number of ether oxygens (including phenoxy) is 2. The van der Waals surface area contributed by atoms with Crippen molar-refractivity contribution in [3.8, 4) is 5.88 Å². The van der Waals surface area contributed by atoms with Gasteiger partial charge < -0.3 is 19.9 Å². The Balaban J connectivity index is 0.00000289. The molecule has 1 saturated carbocycles. The quantitative estimate of drug-likeness (QED) is 0.527. The van der Waals surface area contributed by atoms with Crippen LogP contribution in [0.4, 0.5) is 5.82 Å². The molecule has 0 bridgehead atoms. The third kappa shape index (κ3) is 5.73. The molecule has 0 unspecified atom stereocenters. The van der Waals surface area contributed by atoms with Crippen molar-refractivity contribution < 1.29 is 27.2 Å². The van der Waals surface area contributed by atoms with Crippen molar-refractivity contribution in [3.05, 3.63) is 47.8 Å². The van der Waals surface area contributed by atoms with Gasteiger partial charge >= 0.3 is 10.3 Å². The fraction of sp³-hybridized carbons (Fsp3) is 0.524. The van der Waals surface area contributed by atoms with Crippen molar-refractivity contribution in [1.82, 2.24) is 9.97 Å². The average Bonchev–Trinajstić information content (AvgIpc) is 3.26. The third-order valence-corrected chi connectivity index (χ3v) is 6.24. The Labute approximate surface area is 188 Å². The minimum Gasteiger partial charge on any atom is -0.474 e. The largest absolute Gasteiger partial charge is 0.474 e. The lowest BCUT2D eigenvalue weighted by Gasteiger charge is -2.21. The van der Waals surface area contributed by atoms with Crippen molar-refractivity contribution in [2.75, 3.05) is 19.0 Å². The van der Waals surface area contributed by atoms with Gasteiger partial charge in [-0.05, 0) is 17.5 Å². The van der Waals surface area contributed by atoms with Gasteiger partial charge in [-0.15, -0.1) is 0 Å². The molecular formula is C21H30N4O6S. The maximum atomic E-state index is 11.0. The zero-order chi connectivity index (χ0) is 22.0. The maximum Gasteiger partial charge on any atom is 0.333 e. The molecule has 0 radical (unpaired) electrons. The van der Waals surface area contributed by atoms with Gasteiger partial charge in [-0.1, -0.05) is 31.7 Å². The second kappa shape index (κ2) is 10.1. The summed E-state index contributed by atoms with van der Waals surface area (Å²) in [6, 6.07) is 9.85. The van der Waals surface area contributed by atoms with E-state index in [0.29, 0.717) is 24.5 Å². The Morgan fingerprint density at radius 1 is 1.25 bits per heavy atom. The van der Waals surface area contributed by atoms with E-state index in [4.69, 9.17) is 14.6 Å². The number of hydrogen-bond acceptors (Lipinski definition) is 9. The molecule has 32 heavy (non-hydrogen) atoms. The lowest BCUT2D eigenvalue weighted by molar-refractivity contribution is 0.0958. The van der Waals surface area contributed by atoms with E-state index in [9.17, 15) is 13.5 Å². The molecule has 0 aliphatic heterocycles. The van der Waals surface area contributed by atoms with Crippen molar-refractivity contribution in [3.63, 3.8) is 0 Å². The number of hydrogen-bond donors (Lipinski definition) is 3. The van der Waals surface area contributed by atoms with E-state index in [0.717, 1.165) is 6.42 Å². The minimum absolute atomic E-state index is 0. The standard InChI is InChI=1S/C20H26N4O6S.CH4/c1-28-17-7-12-4-2-3-5-15(12)20(17)24-18-9-19(23-11-22-18)30-14-6-13(16(25)8-14)10-29-31(21,26)27;/h2-5,9,11,13-14,16-17,20,25H,6-8,10H2,1H3,(H2,21,26,27)(H,22,23,24);1H4/t13-,14+,16-,17-,20+;/m0./s1. The molecule has 4 N–H and O–H groups in total. The van der Waals surface area contributed by atoms with Crippen LogP contribution < -0.4 is 15.2 Å². The first-order valence-electron chi connectivity index (χ1n) is 10.0. The monoisotopic (exact) mass is 466 g/mol. The SMILES string of the molecule is C.CO[C@H]1Cc2ccccc2[C@H]1Nc1cc(O[C@@H]2C[C@@H](COS(N)(=O)=O)[C@@H](O)C2)ncn1. The summed E-state index contributed by atoms with van der Waals surface area (Å²) in [5.74, 6) is 0.574. The van der Waals surface area contributed by atoms with Crippen LogP contribution in [0.5, 0.6) is 5.88 Å². The molecule has 0 amide bonds. The predicted octanol–water partition coefficient (Wildman–Crippen LogP) is 1.58. The number of fused-ring (bicyclic) bond motifs is 1. The zero-order valence-corrected chi connectivity index (χ0v) is 17.9. The molecule has 176 valence electrons. The Kier molecular flexibility index (Phi) is 7.67. The summed E-state index contributed by atoms with van der Waals surface area (Å²) in [7, 11) is -2.35. The van der Waals surface area contributed by atoms with Crippen LogP contribution in [0.15, 0.2) is 36.7 Å². The molecule has 1 aromatic heterocycles. The Hall–Kier alpha value is -2.31. The van der Waals surface area contributed by atoms with Gasteiger partial charge in [-0.2, -0.15) is 8.42 Å². The van der Waals surface area contributed by atoms with Gasteiger partial charge in [0, 0.05) is 31.9 Å². The minimum atomic E-state index is -4.05. The van der Waals surface area contributed by atoms with E-state index in [1.807, 2.05) is 12.1 Å². The van der Waals surface area contributed by atoms with Crippen LogP contribution in [0.25, 0.3) is 0 Å². The van der Waals surface area contributed by atoms with E-state index in [1.54, 1.807) is 13.2 Å². The molecule has 0 spiro atoms. The third-order valence-electron chi connectivity index (χ3n) is 5.78. The second-order valence-corrected chi connectivity index (χ2v) is 9.08. The zero-order valence-electron chi connectivity index (χ0n) is 17.0. The summed E-state index contributed by atoms with van der Waals surface area (Å²) in [5.41, 5.74) is 2.41. The van der Waals surface area contributed by atoms with Crippen LogP contribution >= 0.6 is 0 Å². The molecule has 0 saturated heterocycles. The van der Waals surface area contributed by atoms with Crippen molar-refractivity contribution in [2.24, 2.45) is 11.1 Å². The van der Waals surface area contributed by atoms with Gasteiger partial charge in [0.25, 0.3) is 0 Å². The van der Waals surface area contributed by atoms with Crippen LogP contribution in [0.1, 0.15) is 37.4 Å². The number of aromatic nitrogens is 2. The topological polar surface area (TPSA) is 146 Å². The summed E-state index contributed by atoms with van der Waals surface area (Å²) < 4.78 is 38.1. The molecule has 2 aliphatic rings. The van der Waals surface area contributed by atoms with Crippen molar-refractivity contribution in [1.29, 1.82) is 0 Å². The molecule has 1 heterocycles. The Morgan fingerprint density at radius 3 is 2.78 bits per heavy atom. The predicted molar refractivity (Wildman–Crippen MR) is 118 cm³/mol. The number of benzene rings is 1. The lowest BCUT2D eigenvalue weighted by atomic mass is 10.1. The van der Waals surface area contributed by atoms with Gasteiger partial charge in [0.15, 0.2) is 0 Å². The fourth-order valence-corrected chi connectivity index (χ4v) is 4.64. The smallest absolute Gasteiger partial charge is 0.333 e. The average molecular weight is 467 g/mol. The number of nitrogens with zero attached hydrogens (tertiary/aromatic N) is 2. The highest BCUT2D eigenvalue weighted by Crippen LogP contribution is 2.36. The second-order valence-electron chi connectivity index (χ2n) is 7.86. The van der Waals surface area contributed by atoms with E-state index >= 15 is 0 Å². The highest BCUT2D eigenvalue weighted by molar-refractivity contribution is 7.84. The molecular weight excluding hydrogens is 436 g/mol. The van der Waals surface area contributed by atoms with Gasteiger partial charge in [-0.3, -0.25) is 4.18 Å². The summed E-state index contributed by atoms with van der Waals surface area (Å²) in [4.78, 5) is 8.46. The molecule has 5 atom stereocenters. The van der Waals surface area contributed by atoms with Gasteiger partial charge in [0.2, 0.25) is 5.88 Å². The van der Waals surface area contributed by atoms with E-state index < -0.39 is 16.4 Å². The molecule has 1 fully saturated rings. The van der Waals surface area contributed by atoms with E-state index in [2.05, 4.69) is 31.6 Å². The lowest BCUT2D eigenvalue weighted by Crippen LogP contribution is -2.24. The van der Waals surface area contributed by atoms with Crippen molar-refractivity contribution >= 4 is 16.1 Å². The molecule has 11 heteroatoms. The first kappa shape index (κ1) is 24.3. The number of aliphatic hydroxyl groups is 1. The number of rotatable bonds is 8. The van der Waals surface area contributed by atoms with Gasteiger partial charge in [0.1, 0.15) is 18.2 Å².